The van der Waals surface area contributed by atoms with Crippen LogP contribution in [0.25, 0.3) is 0 Å². The number of aliphatic imine (C=N–C) groups is 1. The minimum atomic E-state index is -3.66. The van der Waals surface area contributed by atoms with Crippen molar-refractivity contribution >= 4 is 22.7 Å². The second kappa shape index (κ2) is 6.33. The van der Waals surface area contributed by atoms with Gasteiger partial charge in [-0.1, -0.05) is 17.7 Å². The number of hydrogen-bond donors (Lipinski definition) is 1. The molecule has 0 aliphatic heterocycles. The van der Waals surface area contributed by atoms with Crippen molar-refractivity contribution in [3.63, 3.8) is 0 Å². The number of rotatable bonds is 4. The number of nitrogens with zero attached hydrogens (tertiary/aromatic N) is 3. The highest BCUT2D eigenvalue weighted by molar-refractivity contribution is 7.90. The van der Waals surface area contributed by atoms with E-state index in [2.05, 4.69) is 21.5 Å². The topological polar surface area (TPSA) is 74.1 Å². The van der Waals surface area contributed by atoms with Crippen LogP contribution in [-0.4, -0.2) is 39.7 Å². The van der Waals surface area contributed by atoms with E-state index in [1.54, 1.807) is 38.2 Å². The van der Waals surface area contributed by atoms with Gasteiger partial charge in [-0.2, -0.15) is 5.10 Å². The van der Waals surface area contributed by atoms with Crippen LogP contribution in [0.15, 0.2) is 39.3 Å². The Morgan fingerprint density at radius 1 is 1.37 bits per heavy atom. The fourth-order valence-electron chi connectivity index (χ4n) is 1.31. The van der Waals surface area contributed by atoms with Gasteiger partial charge in [0.2, 0.25) is 5.96 Å². The van der Waals surface area contributed by atoms with Crippen molar-refractivity contribution in [2.45, 2.75) is 18.7 Å². The number of hydrazone groups is 1. The first-order chi connectivity index (χ1) is 8.90. The van der Waals surface area contributed by atoms with Crippen molar-refractivity contribution < 1.29 is 8.42 Å². The van der Waals surface area contributed by atoms with E-state index >= 15 is 0 Å². The number of hydrogen-bond acceptors (Lipinski definition) is 4. The van der Waals surface area contributed by atoms with Gasteiger partial charge in [0, 0.05) is 20.3 Å². The van der Waals surface area contributed by atoms with Gasteiger partial charge in [-0.25, -0.2) is 18.1 Å². The predicted molar refractivity (Wildman–Crippen MR) is 76.8 cm³/mol. The van der Waals surface area contributed by atoms with Crippen molar-refractivity contribution in [3.8, 4) is 0 Å². The van der Waals surface area contributed by atoms with Crippen LogP contribution in [0.2, 0.25) is 0 Å². The standard InChI is InChI=1S/C12H18N4O2S/c1-5-14-12(16(4)13-3)15-19(17,18)11-8-6-10(2)7-9-11/h6-9H,3,5H2,1-2,4H3,(H,14,15). The highest BCUT2D eigenvalue weighted by atomic mass is 32.2. The Hall–Kier alpha value is -1.89. The predicted octanol–water partition coefficient (Wildman–Crippen LogP) is 1.20. The minimum absolute atomic E-state index is 0.137. The van der Waals surface area contributed by atoms with Gasteiger partial charge in [-0.3, -0.25) is 4.99 Å². The van der Waals surface area contributed by atoms with Crippen LogP contribution in [-0.2, 0) is 10.0 Å². The summed E-state index contributed by atoms with van der Waals surface area (Å²) in [6.07, 6.45) is 0. The van der Waals surface area contributed by atoms with Gasteiger partial charge < -0.3 is 0 Å². The van der Waals surface area contributed by atoms with Gasteiger partial charge in [-0.05, 0) is 26.0 Å². The molecule has 19 heavy (non-hydrogen) atoms. The van der Waals surface area contributed by atoms with Crippen molar-refractivity contribution in [1.29, 1.82) is 0 Å². The Bertz CT molecular complexity index is 564. The van der Waals surface area contributed by atoms with E-state index < -0.39 is 10.0 Å². The second-order valence-corrected chi connectivity index (χ2v) is 5.56. The normalized spacial score (nSPS) is 12.1. The quantitative estimate of drug-likeness (QED) is 0.512. The third-order valence-electron chi connectivity index (χ3n) is 2.38. The first-order valence-electron chi connectivity index (χ1n) is 5.75. The molecule has 0 bridgehead atoms. The molecule has 0 radical (unpaired) electrons. The third-order valence-corrected chi connectivity index (χ3v) is 3.73. The van der Waals surface area contributed by atoms with Gasteiger partial charge >= 0.3 is 0 Å². The van der Waals surface area contributed by atoms with E-state index in [1.807, 2.05) is 6.92 Å². The largest absolute Gasteiger partial charge is 0.264 e. The zero-order valence-electron chi connectivity index (χ0n) is 11.3. The Balaban J connectivity index is 3.04. The number of nitrogens with one attached hydrogen (secondary N) is 1. The average Bonchev–Trinajstić information content (AvgIpc) is 2.37. The maximum absolute atomic E-state index is 12.2. The van der Waals surface area contributed by atoms with Crippen LogP contribution >= 0.6 is 0 Å². The summed E-state index contributed by atoms with van der Waals surface area (Å²) in [5, 5.41) is 4.90. The third kappa shape index (κ3) is 4.06. The van der Waals surface area contributed by atoms with Crippen LogP contribution in [0.5, 0.6) is 0 Å². The lowest BCUT2D eigenvalue weighted by molar-refractivity contribution is 0.527. The molecule has 1 rings (SSSR count). The Morgan fingerprint density at radius 2 is 1.95 bits per heavy atom. The van der Waals surface area contributed by atoms with Crippen molar-refractivity contribution in [3.05, 3.63) is 29.8 Å². The molecule has 0 fully saturated rings. The Morgan fingerprint density at radius 3 is 2.42 bits per heavy atom. The molecule has 0 heterocycles. The van der Waals surface area contributed by atoms with Crippen LogP contribution < -0.4 is 4.72 Å². The molecule has 1 aromatic carbocycles. The average molecular weight is 282 g/mol. The highest BCUT2D eigenvalue weighted by Gasteiger charge is 2.17. The first-order valence-corrected chi connectivity index (χ1v) is 7.23. The number of aryl methyl sites for hydroxylation is 1. The zero-order chi connectivity index (χ0) is 14.5. The molecule has 0 aliphatic rings. The molecule has 0 aliphatic carbocycles. The zero-order valence-corrected chi connectivity index (χ0v) is 12.1. The molecule has 1 aromatic rings. The van der Waals surface area contributed by atoms with Crippen molar-refractivity contribution in [2.75, 3.05) is 13.6 Å². The molecular formula is C12H18N4O2S. The second-order valence-electron chi connectivity index (χ2n) is 3.88. The smallest absolute Gasteiger partial charge is 0.251 e. The molecule has 7 heteroatoms. The van der Waals surface area contributed by atoms with Crippen LogP contribution in [0.4, 0.5) is 0 Å². The molecular weight excluding hydrogens is 264 g/mol. The SMILES string of the molecule is C=NN(C)C(=NCC)NS(=O)(=O)c1ccc(C)cc1. The summed E-state index contributed by atoms with van der Waals surface area (Å²) >= 11 is 0. The molecule has 0 amide bonds. The van der Waals surface area contributed by atoms with Gasteiger partial charge in [0.15, 0.2) is 0 Å². The molecule has 0 saturated heterocycles. The lowest BCUT2D eigenvalue weighted by atomic mass is 10.2. The summed E-state index contributed by atoms with van der Waals surface area (Å²) in [6.45, 7) is 7.47. The van der Waals surface area contributed by atoms with Gasteiger partial charge in [0.1, 0.15) is 0 Å². The van der Waals surface area contributed by atoms with E-state index in [1.165, 1.54) is 5.01 Å². The first kappa shape index (κ1) is 15.2. The molecule has 6 nitrogen and oxygen atoms in total. The number of guanidine groups is 1. The minimum Gasteiger partial charge on any atom is -0.251 e. The summed E-state index contributed by atoms with van der Waals surface area (Å²) in [5.74, 6) is 0.137. The number of sulfonamides is 1. The summed E-state index contributed by atoms with van der Waals surface area (Å²) in [4.78, 5) is 4.22. The molecule has 0 spiro atoms. The van der Waals surface area contributed by atoms with Crippen molar-refractivity contribution in [1.82, 2.24) is 9.73 Å². The molecule has 0 unspecified atom stereocenters. The Kier molecular flexibility index (Phi) is 5.05. The molecule has 0 aromatic heterocycles. The molecule has 1 N–H and O–H groups in total. The molecule has 0 atom stereocenters. The van der Waals surface area contributed by atoms with Gasteiger partial charge in [0.25, 0.3) is 10.0 Å². The Labute approximate surface area is 113 Å². The summed E-state index contributed by atoms with van der Waals surface area (Å²) in [7, 11) is -2.10. The van der Waals surface area contributed by atoms with Gasteiger partial charge in [-0.15, -0.1) is 0 Å². The van der Waals surface area contributed by atoms with E-state index in [0.717, 1.165) is 5.56 Å². The fraction of sp³-hybridized carbons (Fsp3) is 0.333. The maximum Gasteiger partial charge on any atom is 0.264 e. The summed E-state index contributed by atoms with van der Waals surface area (Å²) < 4.78 is 26.7. The highest BCUT2D eigenvalue weighted by Crippen LogP contribution is 2.10. The summed E-state index contributed by atoms with van der Waals surface area (Å²) in [5.41, 5.74) is 0.992. The molecule has 0 saturated carbocycles. The lowest BCUT2D eigenvalue weighted by Crippen LogP contribution is -2.39. The fourth-order valence-corrected chi connectivity index (χ4v) is 2.36. The van der Waals surface area contributed by atoms with E-state index in [9.17, 15) is 8.42 Å². The maximum atomic E-state index is 12.2. The van der Waals surface area contributed by atoms with Crippen molar-refractivity contribution in [2.24, 2.45) is 10.1 Å². The van der Waals surface area contributed by atoms with E-state index in [-0.39, 0.29) is 10.9 Å². The summed E-state index contributed by atoms with van der Waals surface area (Å²) in [6, 6.07) is 6.56. The molecule has 104 valence electrons. The monoisotopic (exact) mass is 282 g/mol. The van der Waals surface area contributed by atoms with E-state index in [4.69, 9.17) is 0 Å². The number of benzene rings is 1. The lowest BCUT2D eigenvalue weighted by Gasteiger charge is -2.16. The van der Waals surface area contributed by atoms with Crippen LogP contribution in [0.1, 0.15) is 12.5 Å². The van der Waals surface area contributed by atoms with Crippen LogP contribution in [0, 0.1) is 6.92 Å². The van der Waals surface area contributed by atoms with E-state index in [0.29, 0.717) is 6.54 Å². The van der Waals surface area contributed by atoms with Gasteiger partial charge in [0.05, 0.1) is 4.90 Å². The van der Waals surface area contributed by atoms with Crippen LogP contribution in [0.3, 0.4) is 0 Å².